The maximum atomic E-state index is 12.6. The first-order valence-corrected chi connectivity index (χ1v) is 18.9. The van der Waals surface area contributed by atoms with Gasteiger partial charge in [0, 0.05) is 13.0 Å². The van der Waals surface area contributed by atoms with E-state index < -0.39 is 20.0 Å². The summed E-state index contributed by atoms with van der Waals surface area (Å²) in [5, 5.41) is 13.6. The molecule has 0 radical (unpaired) electrons. The number of amides is 1. The van der Waals surface area contributed by atoms with E-state index in [1.54, 1.807) is 0 Å². The highest BCUT2D eigenvalue weighted by Gasteiger charge is 2.27. The van der Waals surface area contributed by atoms with Crippen molar-refractivity contribution in [3.8, 4) is 0 Å². The summed E-state index contributed by atoms with van der Waals surface area (Å²) in [6.07, 6.45) is 31.9. The van der Waals surface area contributed by atoms with E-state index in [1.807, 2.05) is 0 Å². The topological polar surface area (TPSA) is 131 Å². The summed E-state index contributed by atoms with van der Waals surface area (Å²) in [6, 6.07) is -0.776. The van der Waals surface area contributed by atoms with Gasteiger partial charge in [0.2, 0.25) is 5.91 Å². The van der Waals surface area contributed by atoms with E-state index in [0.29, 0.717) is 12.8 Å². The number of unbranched alkanes of at least 4 members (excludes halogenated alkanes) is 16. The Morgan fingerprint density at radius 2 is 1.28 bits per heavy atom. The number of hydrogen-bond acceptors (Lipinski definition) is 6. The molecule has 0 saturated heterocycles. The molecule has 0 aromatic rings. The second-order valence-corrected chi connectivity index (χ2v) is 13.2. The van der Waals surface area contributed by atoms with Crippen LogP contribution in [0, 0.1) is 0 Å². The summed E-state index contributed by atoms with van der Waals surface area (Å²) in [7, 11) is -4.30. The molecule has 9 heteroatoms. The number of hydrogen-bond donors (Lipinski definition) is 4. The number of rotatable bonds is 32. The maximum absolute atomic E-state index is 12.6. The van der Waals surface area contributed by atoms with Crippen molar-refractivity contribution in [3.63, 3.8) is 0 Å². The molecule has 0 bridgehead atoms. The van der Waals surface area contributed by atoms with Gasteiger partial charge >= 0.3 is 7.82 Å². The van der Waals surface area contributed by atoms with E-state index in [1.165, 1.54) is 64.2 Å². The van der Waals surface area contributed by atoms with Gasteiger partial charge in [0.25, 0.3) is 0 Å². The Kier molecular flexibility index (Phi) is 30.2. The molecule has 8 nitrogen and oxygen atoms in total. The highest BCUT2D eigenvalue weighted by Crippen LogP contribution is 2.43. The van der Waals surface area contributed by atoms with Gasteiger partial charge in [0.05, 0.1) is 25.4 Å². The molecule has 43 heavy (non-hydrogen) atoms. The third-order valence-corrected chi connectivity index (χ3v) is 8.54. The third kappa shape index (κ3) is 29.5. The lowest BCUT2D eigenvalue weighted by atomic mass is 10.0. The van der Waals surface area contributed by atoms with Crippen molar-refractivity contribution >= 4 is 13.7 Å². The Balaban J connectivity index is 4.26. The quantitative estimate of drug-likeness (QED) is 0.0332. The molecule has 254 valence electrons. The number of carbonyl (C=O) groups excluding carboxylic acids is 1. The molecule has 0 aromatic heterocycles. The zero-order valence-corrected chi connectivity index (χ0v) is 28.6. The number of phosphoric ester groups is 1. The van der Waals surface area contributed by atoms with Gasteiger partial charge in [0.15, 0.2) is 0 Å². The zero-order chi connectivity index (χ0) is 31.9. The van der Waals surface area contributed by atoms with Crippen LogP contribution in [0.5, 0.6) is 0 Å². The minimum absolute atomic E-state index is 0.0861. The van der Waals surface area contributed by atoms with Gasteiger partial charge in [-0.25, -0.2) is 4.57 Å². The Bertz CT molecular complexity index is 734. The molecular weight excluding hydrogens is 563 g/mol. The first-order chi connectivity index (χ1) is 20.9. The minimum Gasteiger partial charge on any atom is -0.391 e. The molecule has 5 N–H and O–H groups in total. The highest BCUT2D eigenvalue weighted by atomic mass is 31.2. The van der Waals surface area contributed by atoms with Crippen molar-refractivity contribution < 1.29 is 28.4 Å². The van der Waals surface area contributed by atoms with Crippen LogP contribution in [0.4, 0.5) is 0 Å². The number of carbonyl (C=O) groups is 1. The second-order valence-electron chi connectivity index (χ2n) is 11.7. The van der Waals surface area contributed by atoms with Crippen LogP contribution in [0.1, 0.15) is 155 Å². The number of aliphatic hydroxyl groups excluding tert-OH is 1. The van der Waals surface area contributed by atoms with E-state index in [9.17, 15) is 19.4 Å². The van der Waals surface area contributed by atoms with Gasteiger partial charge in [-0.05, 0) is 44.9 Å². The highest BCUT2D eigenvalue weighted by molar-refractivity contribution is 7.47. The molecule has 0 aliphatic heterocycles. The molecule has 0 aliphatic rings. The smallest absolute Gasteiger partial charge is 0.391 e. The van der Waals surface area contributed by atoms with E-state index in [0.717, 1.165) is 64.2 Å². The van der Waals surface area contributed by atoms with E-state index >= 15 is 0 Å². The summed E-state index contributed by atoms with van der Waals surface area (Å²) in [6.45, 7) is 4.12. The Morgan fingerprint density at radius 3 is 1.86 bits per heavy atom. The van der Waals surface area contributed by atoms with Gasteiger partial charge in [-0.3, -0.25) is 13.8 Å². The van der Waals surface area contributed by atoms with Gasteiger partial charge in [0.1, 0.15) is 0 Å². The predicted molar refractivity (Wildman–Crippen MR) is 180 cm³/mol. The van der Waals surface area contributed by atoms with Crippen LogP contribution in [-0.4, -0.2) is 47.8 Å². The van der Waals surface area contributed by atoms with Crippen LogP contribution < -0.4 is 11.1 Å². The molecule has 0 saturated carbocycles. The first kappa shape index (κ1) is 42.0. The van der Waals surface area contributed by atoms with Crippen molar-refractivity contribution in [2.75, 3.05) is 19.8 Å². The van der Waals surface area contributed by atoms with Gasteiger partial charge in [-0.1, -0.05) is 128 Å². The Hall–Kier alpha value is -1.02. The van der Waals surface area contributed by atoms with E-state index in [-0.39, 0.29) is 25.7 Å². The average molecular weight is 631 g/mol. The van der Waals surface area contributed by atoms with Gasteiger partial charge in [-0.15, -0.1) is 0 Å². The summed E-state index contributed by atoms with van der Waals surface area (Å²) >= 11 is 0. The fourth-order valence-electron chi connectivity index (χ4n) is 4.87. The van der Waals surface area contributed by atoms with E-state index in [4.69, 9.17) is 14.8 Å². The minimum atomic E-state index is -4.30. The number of nitrogens with two attached hydrogens (primary N) is 1. The molecular formula is C34H67N2O6P. The lowest BCUT2D eigenvalue weighted by Gasteiger charge is -2.25. The monoisotopic (exact) mass is 630 g/mol. The normalized spacial score (nSPS) is 14.8. The Morgan fingerprint density at radius 1 is 0.767 bits per heavy atom. The first-order valence-electron chi connectivity index (χ1n) is 17.5. The molecule has 0 aromatic carbocycles. The molecule has 0 aliphatic carbocycles. The van der Waals surface area contributed by atoms with Crippen LogP contribution >= 0.6 is 7.82 Å². The summed E-state index contributed by atoms with van der Waals surface area (Å²) < 4.78 is 22.0. The largest absolute Gasteiger partial charge is 0.472 e. The number of allylic oxidation sites excluding steroid dienone is 4. The molecule has 3 atom stereocenters. The molecule has 1 amide bonds. The second kappa shape index (κ2) is 31.0. The molecule has 0 heterocycles. The van der Waals surface area contributed by atoms with E-state index in [2.05, 4.69) is 43.5 Å². The fraction of sp³-hybridized carbons (Fsp3) is 0.853. The maximum Gasteiger partial charge on any atom is 0.472 e. The predicted octanol–water partition coefficient (Wildman–Crippen LogP) is 8.66. The molecule has 3 unspecified atom stereocenters. The molecule has 0 spiro atoms. The standard InChI is InChI=1S/C34H67N2O6P/c1-3-5-7-9-11-13-14-15-16-17-18-19-20-22-24-26-28-34(38)36-32(31-42-43(39,40)41-30-29-35)33(37)27-25-23-21-12-10-8-6-4-2/h13-14,16-17,32-33,37H,3-12,15,18-31,35H2,1-2H3,(H,36,38)(H,39,40)/b14-13-,17-16-. The van der Waals surface area contributed by atoms with Crippen LogP contribution in [-0.2, 0) is 18.4 Å². The lowest BCUT2D eigenvalue weighted by Crippen LogP contribution is -2.46. The average Bonchev–Trinajstić information content (AvgIpc) is 2.99. The van der Waals surface area contributed by atoms with Crippen molar-refractivity contribution in [2.45, 2.75) is 167 Å². The van der Waals surface area contributed by atoms with Gasteiger partial charge < -0.3 is 21.1 Å². The van der Waals surface area contributed by atoms with Crippen molar-refractivity contribution in [1.29, 1.82) is 0 Å². The Labute approximate surface area is 264 Å². The number of phosphoric acid groups is 1. The molecule has 0 fully saturated rings. The van der Waals surface area contributed by atoms with Crippen LogP contribution in [0.3, 0.4) is 0 Å². The van der Waals surface area contributed by atoms with Crippen molar-refractivity contribution in [1.82, 2.24) is 5.32 Å². The fourth-order valence-corrected chi connectivity index (χ4v) is 5.63. The summed E-state index contributed by atoms with van der Waals surface area (Å²) in [5.74, 6) is -0.180. The summed E-state index contributed by atoms with van der Waals surface area (Å²) in [5.41, 5.74) is 5.34. The summed E-state index contributed by atoms with van der Waals surface area (Å²) in [4.78, 5) is 22.5. The van der Waals surface area contributed by atoms with Crippen molar-refractivity contribution in [2.24, 2.45) is 5.73 Å². The van der Waals surface area contributed by atoms with Crippen LogP contribution in [0.25, 0.3) is 0 Å². The SMILES string of the molecule is CCCCCC/C=C\C/C=C\CCCCCCCC(=O)NC(COP(=O)(O)OCCN)C(O)CCCCCCCCCC. The van der Waals surface area contributed by atoms with Crippen LogP contribution in [0.2, 0.25) is 0 Å². The third-order valence-electron chi connectivity index (χ3n) is 7.56. The molecule has 0 rings (SSSR count). The van der Waals surface area contributed by atoms with Gasteiger partial charge in [-0.2, -0.15) is 0 Å². The lowest BCUT2D eigenvalue weighted by molar-refractivity contribution is -0.123. The zero-order valence-electron chi connectivity index (χ0n) is 27.7. The number of aliphatic hydroxyl groups is 1. The van der Waals surface area contributed by atoms with Crippen molar-refractivity contribution in [3.05, 3.63) is 24.3 Å². The number of nitrogens with one attached hydrogen (secondary N) is 1. The van der Waals surface area contributed by atoms with Crippen LogP contribution in [0.15, 0.2) is 24.3 Å².